The average Bonchev–Trinajstić information content (AvgIpc) is 2.85. The topological polar surface area (TPSA) is 88.9 Å². The van der Waals surface area contributed by atoms with Crippen molar-refractivity contribution in [3.63, 3.8) is 0 Å². The van der Waals surface area contributed by atoms with E-state index in [9.17, 15) is 9.59 Å². The fraction of sp³-hybridized carbons (Fsp3) is 0.231. The molecule has 0 atom stereocenters. The Morgan fingerprint density at radius 3 is 2.70 bits per heavy atom. The Balaban J connectivity index is 1.83. The molecule has 0 aliphatic carbocycles. The van der Waals surface area contributed by atoms with Crippen molar-refractivity contribution in [3.05, 3.63) is 41.9 Å². The predicted octanol–water partition coefficient (Wildman–Crippen LogP) is 0.492. The number of hydrogen-bond donors (Lipinski definition) is 2. The summed E-state index contributed by atoms with van der Waals surface area (Å²) in [6.45, 7) is 1.77. The molecule has 0 spiro atoms. The second kappa shape index (κ2) is 5.96. The zero-order valence-electron chi connectivity index (χ0n) is 11.3. The summed E-state index contributed by atoms with van der Waals surface area (Å²) in [6, 6.07) is 5.12. The highest BCUT2D eigenvalue weighted by Crippen LogP contribution is 2.03. The van der Waals surface area contributed by atoms with Crippen molar-refractivity contribution in [2.24, 2.45) is 7.05 Å². The molecule has 2 aromatic rings. The summed E-state index contributed by atoms with van der Waals surface area (Å²) >= 11 is 0. The van der Waals surface area contributed by atoms with Crippen LogP contribution >= 0.6 is 0 Å². The standard InChI is InChI=1S/C13H15N5O2/c1-9-3-4-11(14-7-9)16-12(19)8-15-13(20)10-5-6-18(2)17-10/h3-7H,8H2,1-2H3,(H,15,20)(H,14,16,19). The van der Waals surface area contributed by atoms with E-state index >= 15 is 0 Å². The van der Waals surface area contributed by atoms with Gasteiger partial charge in [0.2, 0.25) is 5.91 Å². The smallest absolute Gasteiger partial charge is 0.272 e. The van der Waals surface area contributed by atoms with Gasteiger partial charge >= 0.3 is 0 Å². The largest absolute Gasteiger partial charge is 0.342 e. The number of anilines is 1. The Hall–Kier alpha value is -2.70. The molecule has 7 nitrogen and oxygen atoms in total. The van der Waals surface area contributed by atoms with Gasteiger partial charge in [-0.25, -0.2) is 4.98 Å². The summed E-state index contributed by atoms with van der Waals surface area (Å²) < 4.78 is 1.52. The Morgan fingerprint density at radius 1 is 1.30 bits per heavy atom. The zero-order chi connectivity index (χ0) is 14.5. The summed E-state index contributed by atoms with van der Waals surface area (Å²) in [5.41, 5.74) is 1.28. The lowest BCUT2D eigenvalue weighted by Gasteiger charge is -2.05. The van der Waals surface area contributed by atoms with Crippen LogP contribution in [0.1, 0.15) is 16.1 Å². The molecular formula is C13H15N5O2. The van der Waals surface area contributed by atoms with Crippen LogP contribution < -0.4 is 10.6 Å². The number of nitrogens with zero attached hydrogens (tertiary/aromatic N) is 3. The Morgan fingerprint density at radius 2 is 2.10 bits per heavy atom. The number of hydrogen-bond acceptors (Lipinski definition) is 4. The summed E-state index contributed by atoms with van der Waals surface area (Å²) in [5.74, 6) is -0.282. The van der Waals surface area contributed by atoms with Crippen LogP contribution in [-0.2, 0) is 11.8 Å². The maximum absolute atomic E-state index is 11.7. The first-order chi connectivity index (χ1) is 9.54. The third-order valence-electron chi connectivity index (χ3n) is 2.53. The molecule has 0 fully saturated rings. The Bertz CT molecular complexity index is 618. The molecule has 0 radical (unpaired) electrons. The van der Waals surface area contributed by atoms with Crippen molar-refractivity contribution in [3.8, 4) is 0 Å². The van der Waals surface area contributed by atoms with Gasteiger partial charge in [0.1, 0.15) is 11.5 Å². The van der Waals surface area contributed by atoms with Crippen LogP contribution in [0.15, 0.2) is 30.6 Å². The lowest BCUT2D eigenvalue weighted by molar-refractivity contribution is -0.115. The van der Waals surface area contributed by atoms with E-state index in [0.29, 0.717) is 5.82 Å². The molecule has 2 heterocycles. The highest BCUT2D eigenvalue weighted by atomic mass is 16.2. The van der Waals surface area contributed by atoms with E-state index in [1.165, 1.54) is 4.68 Å². The minimum atomic E-state index is -0.391. The predicted molar refractivity (Wildman–Crippen MR) is 73.1 cm³/mol. The first-order valence-electron chi connectivity index (χ1n) is 6.05. The summed E-state index contributed by atoms with van der Waals surface area (Å²) in [4.78, 5) is 27.4. The molecule has 0 saturated heterocycles. The van der Waals surface area contributed by atoms with Crippen LogP contribution in [0.3, 0.4) is 0 Å². The SMILES string of the molecule is Cc1ccc(NC(=O)CNC(=O)c2ccn(C)n2)nc1. The maximum Gasteiger partial charge on any atom is 0.272 e. The highest BCUT2D eigenvalue weighted by molar-refractivity contribution is 5.97. The van der Waals surface area contributed by atoms with Gasteiger partial charge in [0.15, 0.2) is 0 Å². The normalized spacial score (nSPS) is 10.1. The maximum atomic E-state index is 11.7. The molecule has 0 unspecified atom stereocenters. The van der Waals surface area contributed by atoms with Gasteiger partial charge in [-0.1, -0.05) is 6.07 Å². The van der Waals surface area contributed by atoms with Crippen molar-refractivity contribution in [1.29, 1.82) is 0 Å². The number of aryl methyl sites for hydroxylation is 2. The Kier molecular flexibility index (Phi) is 4.09. The third kappa shape index (κ3) is 3.64. The average molecular weight is 273 g/mol. The molecule has 0 bridgehead atoms. The minimum absolute atomic E-state index is 0.134. The van der Waals surface area contributed by atoms with E-state index in [2.05, 4.69) is 20.7 Å². The second-order valence-electron chi connectivity index (χ2n) is 4.33. The van der Waals surface area contributed by atoms with Gasteiger partial charge in [-0.05, 0) is 24.6 Å². The Labute approximate surface area is 116 Å². The number of amides is 2. The zero-order valence-corrected chi connectivity index (χ0v) is 11.3. The van der Waals surface area contributed by atoms with Gasteiger partial charge in [-0.3, -0.25) is 14.3 Å². The van der Waals surface area contributed by atoms with Crippen molar-refractivity contribution in [2.45, 2.75) is 6.92 Å². The van der Waals surface area contributed by atoms with Gasteiger partial charge in [0, 0.05) is 19.4 Å². The first-order valence-corrected chi connectivity index (χ1v) is 6.05. The van der Waals surface area contributed by atoms with Gasteiger partial charge in [-0.2, -0.15) is 5.10 Å². The lowest BCUT2D eigenvalue weighted by atomic mass is 10.3. The monoisotopic (exact) mass is 273 g/mol. The summed E-state index contributed by atoms with van der Waals surface area (Å²) in [6.07, 6.45) is 3.31. The van der Waals surface area contributed by atoms with E-state index in [0.717, 1.165) is 5.56 Å². The molecule has 2 rings (SSSR count). The third-order valence-corrected chi connectivity index (χ3v) is 2.53. The molecule has 7 heteroatoms. The minimum Gasteiger partial charge on any atom is -0.342 e. The quantitative estimate of drug-likeness (QED) is 0.848. The van der Waals surface area contributed by atoms with E-state index in [1.807, 2.05) is 13.0 Å². The highest BCUT2D eigenvalue weighted by Gasteiger charge is 2.10. The van der Waals surface area contributed by atoms with Crippen LogP contribution in [-0.4, -0.2) is 33.1 Å². The van der Waals surface area contributed by atoms with Crippen molar-refractivity contribution >= 4 is 17.6 Å². The van der Waals surface area contributed by atoms with Gasteiger partial charge < -0.3 is 10.6 Å². The van der Waals surface area contributed by atoms with E-state index in [1.54, 1.807) is 31.6 Å². The van der Waals surface area contributed by atoms with Crippen LogP contribution in [0, 0.1) is 6.92 Å². The fourth-order valence-corrected chi connectivity index (χ4v) is 1.52. The molecule has 2 N–H and O–H groups in total. The molecule has 2 amide bonds. The van der Waals surface area contributed by atoms with Crippen molar-refractivity contribution < 1.29 is 9.59 Å². The number of aromatic nitrogens is 3. The number of carbonyl (C=O) groups is 2. The fourth-order valence-electron chi connectivity index (χ4n) is 1.52. The molecule has 0 aliphatic rings. The van der Waals surface area contributed by atoms with Gasteiger partial charge in [0.25, 0.3) is 5.91 Å². The molecular weight excluding hydrogens is 258 g/mol. The second-order valence-corrected chi connectivity index (χ2v) is 4.33. The summed E-state index contributed by atoms with van der Waals surface area (Å²) in [5, 5.41) is 9.02. The van der Waals surface area contributed by atoms with E-state index in [4.69, 9.17) is 0 Å². The molecule has 104 valence electrons. The molecule has 0 aliphatic heterocycles. The molecule has 0 saturated carbocycles. The van der Waals surface area contributed by atoms with E-state index < -0.39 is 5.91 Å². The van der Waals surface area contributed by atoms with Crippen LogP contribution in [0.25, 0.3) is 0 Å². The van der Waals surface area contributed by atoms with Crippen molar-refractivity contribution in [1.82, 2.24) is 20.1 Å². The van der Waals surface area contributed by atoms with Gasteiger partial charge in [0.05, 0.1) is 6.54 Å². The van der Waals surface area contributed by atoms with Crippen LogP contribution in [0.4, 0.5) is 5.82 Å². The van der Waals surface area contributed by atoms with Crippen molar-refractivity contribution in [2.75, 3.05) is 11.9 Å². The lowest BCUT2D eigenvalue weighted by Crippen LogP contribution is -2.33. The summed E-state index contributed by atoms with van der Waals surface area (Å²) in [7, 11) is 1.71. The molecule has 20 heavy (non-hydrogen) atoms. The number of rotatable bonds is 4. The number of pyridine rings is 1. The van der Waals surface area contributed by atoms with Gasteiger partial charge in [-0.15, -0.1) is 0 Å². The van der Waals surface area contributed by atoms with Crippen LogP contribution in [0.5, 0.6) is 0 Å². The first kappa shape index (κ1) is 13.7. The van der Waals surface area contributed by atoms with E-state index in [-0.39, 0.29) is 18.1 Å². The number of carbonyl (C=O) groups excluding carboxylic acids is 2. The molecule has 0 aromatic carbocycles. The number of nitrogens with one attached hydrogen (secondary N) is 2. The van der Waals surface area contributed by atoms with Crippen LogP contribution in [0.2, 0.25) is 0 Å². The molecule has 2 aromatic heterocycles.